The lowest BCUT2D eigenvalue weighted by atomic mass is 9.82. The Hall–Kier alpha value is -0.0562. The molecule has 1 heterocycles. The number of hydrogen-bond donors (Lipinski definition) is 0. The molecule has 5 nitrogen and oxygen atoms in total. The number of rotatable bonds is 5. The van der Waals surface area contributed by atoms with Gasteiger partial charge in [0.25, 0.3) is 0 Å². The summed E-state index contributed by atoms with van der Waals surface area (Å²) in [5, 5.41) is 0.148. The number of hydrogen-bond acceptors (Lipinski definition) is 5. The Balaban J connectivity index is 2.44. The second-order valence-corrected chi connectivity index (χ2v) is 21.9. The Morgan fingerprint density at radius 1 is 0.862 bits per heavy atom. The van der Waals surface area contributed by atoms with Crippen molar-refractivity contribution in [3.8, 4) is 0 Å². The zero-order valence-corrected chi connectivity index (χ0v) is 22.7. The van der Waals surface area contributed by atoms with Crippen LogP contribution in [0.5, 0.6) is 0 Å². The highest BCUT2D eigenvalue weighted by molar-refractivity contribution is 6.74. The SMILES string of the molecule is CC1(C)O[C@@H]2[C@H](O1)[C@H](C=O)C[C@H](O[Si](C)(C)C(C)(C)C)[C@H]2O[Si](C)(C)C(C)(C)C. The molecule has 2 fully saturated rings. The van der Waals surface area contributed by atoms with Gasteiger partial charge in [-0.05, 0) is 56.5 Å². The van der Waals surface area contributed by atoms with Crippen molar-refractivity contribution in [3.63, 3.8) is 0 Å². The minimum absolute atomic E-state index is 0.0699. The first-order chi connectivity index (χ1) is 12.8. The third-order valence-corrected chi connectivity index (χ3v) is 16.4. The third-order valence-electron chi connectivity index (χ3n) is 7.44. The maximum atomic E-state index is 12.0. The van der Waals surface area contributed by atoms with Crippen molar-refractivity contribution in [1.29, 1.82) is 0 Å². The Morgan fingerprint density at radius 2 is 1.31 bits per heavy atom. The van der Waals surface area contributed by atoms with Crippen LogP contribution in [0, 0.1) is 5.92 Å². The van der Waals surface area contributed by atoms with E-state index in [1.165, 1.54) is 0 Å². The Labute approximate surface area is 180 Å². The minimum atomic E-state index is -2.08. The molecule has 5 atom stereocenters. The van der Waals surface area contributed by atoms with E-state index in [-0.39, 0.29) is 40.4 Å². The molecule has 7 heteroatoms. The van der Waals surface area contributed by atoms with Crippen LogP contribution in [0.1, 0.15) is 61.8 Å². The molecule has 1 saturated heterocycles. The Kier molecular flexibility index (Phi) is 6.79. The molecule has 29 heavy (non-hydrogen) atoms. The first-order valence-electron chi connectivity index (χ1n) is 11.0. The van der Waals surface area contributed by atoms with E-state index in [4.69, 9.17) is 18.3 Å². The largest absolute Gasteiger partial charge is 0.411 e. The predicted molar refractivity (Wildman–Crippen MR) is 122 cm³/mol. The van der Waals surface area contributed by atoms with Gasteiger partial charge in [0.1, 0.15) is 12.4 Å². The first kappa shape index (κ1) is 25.2. The molecule has 0 radical (unpaired) electrons. The zero-order chi connectivity index (χ0) is 22.6. The van der Waals surface area contributed by atoms with Crippen LogP contribution in [0.4, 0.5) is 0 Å². The van der Waals surface area contributed by atoms with Crippen molar-refractivity contribution in [1.82, 2.24) is 0 Å². The lowest BCUT2D eigenvalue weighted by Crippen LogP contribution is -2.61. The van der Waals surface area contributed by atoms with E-state index < -0.39 is 22.4 Å². The van der Waals surface area contributed by atoms with Gasteiger partial charge < -0.3 is 23.1 Å². The van der Waals surface area contributed by atoms with Crippen molar-refractivity contribution in [2.75, 3.05) is 0 Å². The van der Waals surface area contributed by atoms with Gasteiger partial charge in [-0.15, -0.1) is 0 Å². The molecule has 0 bridgehead atoms. The van der Waals surface area contributed by atoms with E-state index in [2.05, 4.69) is 67.7 Å². The summed E-state index contributed by atoms with van der Waals surface area (Å²) in [7, 11) is -4.14. The molecule has 1 aliphatic carbocycles. The molecule has 0 aromatic heterocycles. The van der Waals surface area contributed by atoms with Crippen molar-refractivity contribution >= 4 is 22.9 Å². The normalized spacial score (nSPS) is 33.4. The standard InChI is InChI=1S/C22H44O5Si2/c1-20(2,3)28(9,10)26-16-13-15(14-23)17-19(25-22(7,8)24-17)18(16)27-29(11,12)21(4,5)6/h14-19H,13H2,1-12H3/t15-,16-,17+,18+,19+/m0/s1. The van der Waals surface area contributed by atoms with Crippen molar-refractivity contribution in [3.05, 3.63) is 0 Å². The van der Waals surface area contributed by atoms with Crippen LogP contribution in [0.3, 0.4) is 0 Å². The van der Waals surface area contributed by atoms with Crippen LogP contribution in [0.15, 0.2) is 0 Å². The van der Waals surface area contributed by atoms with Crippen LogP contribution in [-0.2, 0) is 23.1 Å². The van der Waals surface area contributed by atoms with E-state index >= 15 is 0 Å². The second-order valence-electron chi connectivity index (χ2n) is 12.4. The van der Waals surface area contributed by atoms with Gasteiger partial charge in [0, 0.05) is 5.92 Å². The number of fused-ring (bicyclic) bond motifs is 1. The topological polar surface area (TPSA) is 54.0 Å². The van der Waals surface area contributed by atoms with Crippen LogP contribution in [0.25, 0.3) is 0 Å². The smallest absolute Gasteiger partial charge is 0.192 e. The molecule has 0 spiro atoms. The summed E-state index contributed by atoms with van der Waals surface area (Å²) in [6.45, 7) is 26.3. The summed E-state index contributed by atoms with van der Waals surface area (Å²) in [6.07, 6.45) is 0.671. The lowest BCUT2D eigenvalue weighted by Gasteiger charge is -2.49. The molecule has 0 aromatic rings. The van der Waals surface area contributed by atoms with Crippen molar-refractivity contribution < 1.29 is 23.1 Å². The summed E-state index contributed by atoms with van der Waals surface area (Å²) >= 11 is 0. The molecule has 0 unspecified atom stereocenters. The van der Waals surface area contributed by atoms with Gasteiger partial charge in [-0.1, -0.05) is 41.5 Å². The molecule has 2 aliphatic rings. The number of carbonyl (C=O) groups is 1. The van der Waals surface area contributed by atoms with Crippen molar-refractivity contribution in [2.45, 2.75) is 128 Å². The Bertz CT molecular complexity index is 603. The van der Waals surface area contributed by atoms with Crippen LogP contribution >= 0.6 is 0 Å². The quantitative estimate of drug-likeness (QED) is 0.413. The average Bonchev–Trinajstić information content (AvgIpc) is 2.82. The van der Waals surface area contributed by atoms with Gasteiger partial charge in [0.05, 0.1) is 18.3 Å². The third kappa shape index (κ3) is 5.23. The fourth-order valence-electron chi connectivity index (χ4n) is 3.61. The molecule has 0 amide bonds. The lowest BCUT2D eigenvalue weighted by molar-refractivity contribution is -0.157. The monoisotopic (exact) mass is 444 g/mol. The summed E-state index contributed by atoms with van der Waals surface area (Å²) in [5.41, 5.74) is 0. The molecular weight excluding hydrogens is 400 g/mol. The highest BCUT2D eigenvalue weighted by Crippen LogP contribution is 2.47. The van der Waals surface area contributed by atoms with Gasteiger partial charge in [-0.2, -0.15) is 0 Å². The highest BCUT2D eigenvalue weighted by atomic mass is 28.4. The molecule has 0 N–H and O–H groups in total. The van der Waals surface area contributed by atoms with Gasteiger partial charge in [0.15, 0.2) is 22.4 Å². The van der Waals surface area contributed by atoms with E-state index in [1.54, 1.807) is 0 Å². The van der Waals surface area contributed by atoms with E-state index in [0.717, 1.165) is 6.29 Å². The van der Waals surface area contributed by atoms with E-state index in [1.807, 2.05) is 13.8 Å². The first-order valence-corrected chi connectivity index (χ1v) is 16.8. The van der Waals surface area contributed by atoms with E-state index in [9.17, 15) is 4.79 Å². The predicted octanol–water partition coefficient (Wildman–Crippen LogP) is 5.51. The minimum Gasteiger partial charge on any atom is -0.411 e. The van der Waals surface area contributed by atoms with Crippen LogP contribution in [0.2, 0.25) is 36.3 Å². The maximum absolute atomic E-state index is 12.0. The average molecular weight is 445 g/mol. The highest BCUT2D eigenvalue weighted by Gasteiger charge is 2.58. The molecule has 0 aromatic carbocycles. The number of carbonyl (C=O) groups excluding carboxylic acids is 1. The molecule has 2 rings (SSSR count). The van der Waals surface area contributed by atoms with Gasteiger partial charge in [0.2, 0.25) is 0 Å². The molecule has 1 aliphatic heterocycles. The van der Waals surface area contributed by atoms with Crippen LogP contribution in [-0.4, -0.2) is 53.1 Å². The summed E-state index contributed by atoms with van der Waals surface area (Å²) in [6, 6.07) is 0. The molecule has 170 valence electrons. The summed E-state index contributed by atoms with van der Waals surface area (Å²) in [5.74, 6) is -0.965. The van der Waals surface area contributed by atoms with Gasteiger partial charge in [-0.3, -0.25) is 0 Å². The number of aldehydes is 1. The second kappa shape index (κ2) is 7.82. The van der Waals surface area contributed by atoms with E-state index in [0.29, 0.717) is 6.42 Å². The maximum Gasteiger partial charge on any atom is 0.192 e. The fraction of sp³-hybridized carbons (Fsp3) is 0.955. The Morgan fingerprint density at radius 3 is 1.76 bits per heavy atom. The van der Waals surface area contributed by atoms with Crippen LogP contribution < -0.4 is 0 Å². The van der Waals surface area contributed by atoms with Gasteiger partial charge >= 0.3 is 0 Å². The number of ether oxygens (including phenoxy) is 2. The summed E-state index contributed by atoms with van der Waals surface area (Å²) < 4.78 is 26.3. The molecule has 1 saturated carbocycles. The van der Waals surface area contributed by atoms with Gasteiger partial charge in [-0.25, -0.2) is 0 Å². The van der Waals surface area contributed by atoms with Crippen molar-refractivity contribution in [2.24, 2.45) is 5.92 Å². The zero-order valence-electron chi connectivity index (χ0n) is 20.7. The molecular formula is C22H44O5Si2. The summed E-state index contributed by atoms with van der Waals surface area (Å²) in [4.78, 5) is 12.0. The fourth-order valence-corrected chi connectivity index (χ4v) is 6.27.